The maximum atomic E-state index is 14.1. The summed E-state index contributed by atoms with van der Waals surface area (Å²) in [4.78, 5) is 95.7. The van der Waals surface area contributed by atoms with Crippen LogP contribution in [-0.4, -0.2) is 98.2 Å². The Labute approximate surface area is 385 Å². The molecule has 2 aromatic rings. The molecule has 2 aliphatic rings. The lowest BCUT2D eigenvalue weighted by Crippen LogP contribution is -2.60. The van der Waals surface area contributed by atoms with E-state index in [0.717, 1.165) is 54.4 Å². The van der Waals surface area contributed by atoms with Gasteiger partial charge in [0.1, 0.15) is 24.2 Å². The predicted octanol–water partition coefficient (Wildman–Crippen LogP) is 2.91. The zero-order valence-corrected chi connectivity index (χ0v) is 40.2. The zero-order chi connectivity index (χ0) is 48.1. The van der Waals surface area contributed by atoms with Crippen LogP contribution in [0.1, 0.15) is 135 Å². The molecule has 7 amide bonds. The summed E-state index contributed by atoms with van der Waals surface area (Å²) >= 11 is 0. The molecule has 4 rings (SSSR count). The van der Waals surface area contributed by atoms with E-state index in [1.54, 1.807) is 27.9 Å². The molecule has 358 valence electrons. The van der Waals surface area contributed by atoms with E-state index >= 15 is 0 Å². The molecule has 0 bridgehead atoms. The fraction of sp³-hybridized carbons (Fsp3) is 0.612. The van der Waals surface area contributed by atoms with Gasteiger partial charge in [0.2, 0.25) is 41.4 Å². The highest BCUT2D eigenvalue weighted by atomic mass is 16.2. The lowest BCUT2D eigenvalue weighted by Gasteiger charge is -2.33. The second-order valence-corrected chi connectivity index (χ2v) is 19.7. The van der Waals surface area contributed by atoms with Crippen LogP contribution in [0.2, 0.25) is 0 Å². The van der Waals surface area contributed by atoms with Crippen molar-refractivity contribution in [2.24, 2.45) is 10.8 Å². The van der Waals surface area contributed by atoms with Crippen molar-refractivity contribution in [1.82, 2.24) is 47.9 Å². The van der Waals surface area contributed by atoms with Crippen LogP contribution in [-0.2, 0) is 46.4 Å². The number of nitrogens with one attached hydrogen (secondary N) is 9. The Balaban J connectivity index is 1.51. The maximum Gasteiger partial charge on any atom is 0.243 e. The van der Waals surface area contributed by atoms with Gasteiger partial charge in [0.25, 0.3) is 0 Å². The number of rotatable bonds is 20. The van der Waals surface area contributed by atoms with Crippen molar-refractivity contribution < 1.29 is 33.6 Å². The van der Waals surface area contributed by atoms with Gasteiger partial charge >= 0.3 is 0 Å². The number of benzene rings is 2. The molecule has 0 fully saturated rings. The topological polar surface area (TPSA) is 228 Å². The van der Waals surface area contributed by atoms with E-state index in [9.17, 15) is 33.6 Å². The minimum atomic E-state index is -1.13. The zero-order valence-electron chi connectivity index (χ0n) is 40.2. The van der Waals surface area contributed by atoms with E-state index in [-0.39, 0.29) is 49.7 Å². The number of hydrogen-bond donors (Lipinski definition) is 9. The maximum absolute atomic E-state index is 14.1. The van der Waals surface area contributed by atoms with Gasteiger partial charge in [-0.05, 0) is 112 Å². The Morgan fingerprint density at radius 3 is 1.35 bits per heavy atom. The summed E-state index contributed by atoms with van der Waals surface area (Å²) in [6, 6.07) is 10.00. The number of carbonyl (C=O) groups excluding carboxylic acids is 7. The average molecular weight is 902 g/mol. The first-order valence-corrected chi connectivity index (χ1v) is 23.2. The summed E-state index contributed by atoms with van der Waals surface area (Å²) in [6.45, 7) is 14.3. The van der Waals surface area contributed by atoms with Gasteiger partial charge in [-0.25, -0.2) is 0 Å². The van der Waals surface area contributed by atoms with Crippen molar-refractivity contribution >= 4 is 41.4 Å². The highest BCUT2D eigenvalue weighted by Gasteiger charge is 2.38. The van der Waals surface area contributed by atoms with Gasteiger partial charge in [0, 0.05) is 13.0 Å². The van der Waals surface area contributed by atoms with Crippen molar-refractivity contribution in [2.45, 2.75) is 162 Å². The summed E-state index contributed by atoms with van der Waals surface area (Å²) in [5.74, 6) is -3.17. The fourth-order valence-electron chi connectivity index (χ4n) is 8.27. The Morgan fingerprint density at radius 2 is 0.954 bits per heavy atom. The summed E-state index contributed by atoms with van der Waals surface area (Å²) in [7, 11) is 3.29. The molecule has 0 unspecified atom stereocenters. The third-order valence-electron chi connectivity index (χ3n) is 12.5. The molecule has 2 aromatic carbocycles. The van der Waals surface area contributed by atoms with E-state index in [4.69, 9.17) is 0 Å². The van der Waals surface area contributed by atoms with Crippen LogP contribution in [0, 0.1) is 10.8 Å². The third kappa shape index (κ3) is 15.1. The molecule has 16 nitrogen and oxygen atoms in total. The Hall–Kier alpha value is -5.35. The largest absolute Gasteiger partial charge is 0.356 e. The molecule has 0 saturated heterocycles. The van der Waals surface area contributed by atoms with Crippen LogP contribution >= 0.6 is 0 Å². The van der Waals surface area contributed by atoms with Gasteiger partial charge in [-0.2, -0.15) is 0 Å². The second-order valence-electron chi connectivity index (χ2n) is 19.7. The van der Waals surface area contributed by atoms with E-state index < -0.39 is 76.6 Å². The van der Waals surface area contributed by atoms with E-state index in [0.29, 0.717) is 6.42 Å². The number of likely N-dealkylation sites (N-methyl/N-ethyl adjacent to an activating group) is 2. The van der Waals surface area contributed by atoms with Gasteiger partial charge < -0.3 is 47.9 Å². The molecule has 0 aliphatic heterocycles. The van der Waals surface area contributed by atoms with Crippen LogP contribution in [0.4, 0.5) is 0 Å². The van der Waals surface area contributed by atoms with Gasteiger partial charge in [0.15, 0.2) is 0 Å². The highest BCUT2D eigenvalue weighted by molar-refractivity contribution is 5.95. The summed E-state index contributed by atoms with van der Waals surface area (Å²) in [5.41, 5.74) is 2.89. The Kier molecular flexibility index (Phi) is 19.1. The van der Waals surface area contributed by atoms with Crippen LogP contribution in [0.3, 0.4) is 0 Å². The molecule has 65 heavy (non-hydrogen) atoms. The molecule has 0 spiro atoms. The summed E-state index contributed by atoms with van der Waals surface area (Å²) in [6.07, 6.45) is 4.78. The number of hydrogen-bond acceptors (Lipinski definition) is 9. The van der Waals surface area contributed by atoms with E-state index in [1.807, 2.05) is 90.1 Å². The smallest absolute Gasteiger partial charge is 0.243 e. The van der Waals surface area contributed by atoms with Gasteiger partial charge in [0.05, 0.1) is 24.2 Å². The van der Waals surface area contributed by atoms with Crippen molar-refractivity contribution in [3.8, 4) is 0 Å². The number of aryl methyl sites for hydroxylation is 2. The third-order valence-corrected chi connectivity index (χ3v) is 12.5. The first-order valence-electron chi connectivity index (χ1n) is 23.2. The molecular formula is C49H75N9O7. The predicted molar refractivity (Wildman–Crippen MR) is 251 cm³/mol. The molecule has 16 heteroatoms. The number of amides is 7. The van der Waals surface area contributed by atoms with Crippen molar-refractivity contribution in [3.05, 3.63) is 70.8 Å². The van der Waals surface area contributed by atoms with Crippen LogP contribution in [0.15, 0.2) is 48.5 Å². The first kappa shape index (κ1) is 52.3. The highest BCUT2D eigenvalue weighted by Crippen LogP contribution is 2.31. The standard InChI is InChI=1S/C49H75N9O7/c1-29(50-9)42(60)57-40(48(3,4)5)46(64)55-37(44(62)53-35-23-15-19-31-17-11-13-21-33(31)35)25-26-39(59)52-28-27-38(45(63)54-36-24-16-20-32-18-12-14-22-34(32)36)56-47(65)41(49(6,7)8)58-43(61)30(2)51-10/h11-14,17-18,21-22,29-30,35-38,40-41,50-51H,15-16,19-20,23-28H2,1-10H3,(H,52,59)(H,53,62)(H,54,63)(H,55,64)(H,56,65)(H,57,60)(H,58,61)/t29-,30-,35+,36+,37-,38-,40+,41+/m0/s1. The monoisotopic (exact) mass is 902 g/mol. The number of fused-ring (bicyclic) bond motifs is 2. The van der Waals surface area contributed by atoms with E-state index in [2.05, 4.69) is 47.9 Å². The summed E-state index contributed by atoms with van der Waals surface area (Å²) in [5, 5.41) is 26.3. The minimum absolute atomic E-state index is 0.00829. The molecule has 0 heterocycles. The molecule has 2 aliphatic carbocycles. The van der Waals surface area contributed by atoms with Crippen molar-refractivity contribution in [3.63, 3.8) is 0 Å². The molecule has 8 atom stereocenters. The Bertz CT molecular complexity index is 1990. The van der Waals surface area contributed by atoms with Gasteiger partial charge in [-0.3, -0.25) is 33.6 Å². The molecule has 0 radical (unpaired) electrons. The average Bonchev–Trinajstić information content (AvgIpc) is 3.26. The van der Waals surface area contributed by atoms with Crippen LogP contribution < -0.4 is 47.9 Å². The SMILES string of the molecule is CN[C@@H](C)C(=O)N[C@H](C(=O)N[C@@H](CCNC(=O)CC[C@H](NC(=O)[C@@H](NC(=O)[C@H](C)NC)C(C)(C)C)C(=O)N[C@@H]1CCCc2ccccc21)C(=O)N[C@@H]1CCCc2ccccc21)C(C)(C)C. The van der Waals surface area contributed by atoms with Gasteiger partial charge in [-0.1, -0.05) is 90.1 Å². The lowest BCUT2D eigenvalue weighted by atomic mass is 9.85. The van der Waals surface area contributed by atoms with Crippen molar-refractivity contribution in [2.75, 3.05) is 20.6 Å². The molecule has 9 N–H and O–H groups in total. The van der Waals surface area contributed by atoms with Crippen LogP contribution in [0.5, 0.6) is 0 Å². The quantitative estimate of drug-likeness (QED) is 0.0951. The molecular weight excluding hydrogens is 827 g/mol. The normalized spacial score (nSPS) is 18.7. The van der Waals surface area contributed by atoms with E-state index in [1.165, 1.54) is 0 Å². The fourth-order valence-corrected chi connectivity index (χ4v) is 8.27. The summed E-state index contributed by atoms with van der Waals surface area (Å²) < 4.78 is 0. The van der Waals surface area contributed by atoms with Crippen LogP contribution in [0.25, 0.3) is 0 Å². The van der Waals surface area contributed by atoms with Crippen molar-refractivity contribution in [1.29, 1.82) is 0 Å². The number of carbonyl (C=O) groups is 7. The van der Waals surface area contributed by atoms with Gasteiger partial charge in [-0.15, -0.1) is 0 Å². The minimum Gasteiger partial charge on any atom is -0.356 e. The molecule has 0 saturated carbocycles. The lowest BCUT2D eigenvalue weighted by molar-refractivity contribution is -0.135. The second kappa shape index (κ2) is 23.7. The molecule has 0 aromatic heterocycles. The Morgan fingerprint density at radius 1 is 0.554 bits per heavy atom. The first-order chi connectivity index (χ1) is 30.6.